The average Bonchev–Trinajstić information content (AvgIpc) is 3.05. The first-order valence-electron chi connectivity index (χ1n) is 9.32. The smallest absolute Gasteiger partial charge is 0.341 e. The van der Waals surface area contributed by atoms with Gasteiger partial charge in [0.25, 0.3) is 0 Å². The minimum absolute atomic E-state index is 0.0869. The predicted octanol–water partition coefficient (Wildman–Crippen LogP) is 2.97. The molecule has 0 aliphatic carbocycles. The second-order valence-corrected chi connectivity index (χ2v) is 8.10. The molecule has 2 rings (SSSR count). The number of morpholine rings is 1. The fraction of sp³-hybridized carbons (Fsp3) is 0.706. The Balaban J connectivity index is 1.79. The summed E-state index contributed by atoms with van der Waals surface area (Å²) in [5.41, 5.74) is 0.0869. The highest BCUT2D eigenvalue weighted by molar-refractivity contribution is 7.99. The van der Waals surface area contributed by atoms with E-state index in [1.54, 1.807) is 0 Å². The molecule has 0 spiro atoms. The van der Waals surface area contributed by atoms with Crippen molar-refractivity contribution in [2.24, 2.45) is 0 Å². The van der Waals surface area contributed by atoms with Crippen LogP contribution in [0.5, 0.6) is 0 Å². The quantitative estimate of drug-likeness (QED) is 0.376. The van der Waals surface area contributed by atoms with Crippen molar-refractivity contribution in [2.45, 2.75) is 37.6 Å². The number of anilines is 1. The molecule has 3 N–H and O–H groups in total. The number of aromatic nitrogens is 1. The number of carboxylic acids is 1. The highest BCUT2D eigenvalue weighted by Crippen LogP contribution is 2.32. The van der Waals surface area contributed by atoms with Gasteiger partial charge in [0.05, 0.1) is 13.2 Å². The first-order valence-corrected chi connectivity index (χ1v) is 11.1. The molecule has 0 bridgehead atoms. The normalized spacial score (nSPS) is 14.9. The fourth-order valence-electron chi connectivity index (χ4n) is 2.65. The largest absolute Gasteiger partial charge is 0.477 e. The second kappa shape index (κ2) is 12.2. The van der Waals surface area contributed by atoms with Crippen LogP contribution in [0.3, 0.4) is 0 Å². The SMILES string of the molecule is CCCCCCSc1nsc(NC(=O)NCCN2CCOCC2)c1C(=O)O. The van der Waals surface area contributed by atoms with Gasteiger partial charge in [-0.1, -0.05) is 26.2 Å². The minimum atomic E-state index is -1.07. The molecule has 0 radical (unpaired) electrons. The Hall–Kier alpha value is -1.36. The number of urea groups is 1. The number of thioether (sulfide) groups is 1. The van der Waals surface area contributed by atoms with Gasteiger partial charge in [-0.25, -0.2) is 9.59 Å². The number of unbranched alkanes of at least 4 members (excludes halogenated alkanes) is 3. The van der Waals surface area contributed by atoms with Gasteiger partial charge in [0.2, 0.25) is 0 Å². The Labute approximate surface area is 168 Å². The van der Waals surface area contributed by atoms with Gasteiger partial charge in [-0.2, -0.15) is 4.37 Å². The number of rotatable bonds is 11. The van der Waals surface area contributed by atoms with E-state index in [1.807, 2.05) is 0 Å². The summed E-state index contributed by atoms with van der Waals surface area (Å²) in [6, 6.07) is -0.408. The topological polar surface area (TPSA) is 104 Å². The number of amides is 2. The van der Waals surface area contributed by atoms with E-state index in [4.69, 9.17) is 4.74 Å². The van der Waals surface area contributed by atoms with Crippen molar-refractivity contribution in [1.82, 2.24) is 14.6 Å². The molecule has 1 fully saturated rings. The number of aromatic carboxylic acids is 1. The molecule has 2 heterocycles. The number of ether oxygens (including phenoxy) is 1. The van der Waals surface area contributed by atoms with E-state index in [0.29, 0.717) is 24.8 Å². The number of carboxylic acid groups (broad SMARTS) is 1. The molecule has 27 heavy (non-hydrogen) atoms. The summed E-state index contributed by atoms with van der Waals surface area (Å²) in [6.45, 7) is 6.54. The zero-order valence-electron chi connectivity index (χ0n) is 15.7. The zero-order chi connectivity index (χ0) is 19.5. The number of hydrogen-bond donors (Lipinski definition) is 3. The van der Waals surface area contributed by atoms with Crippen LogP contribution in [0.2, 0.25) is 0 Å². The molecule has 0 saturated carbocycles. The summed E-state index contributed by atoms with van der Waals surface area (Å²) >= 11 is 2.45. The third-order valence-corrected chi connectivity index (χ3v) is 6.10. The van der Waals surface area contributed by atoms with Crippen LogP contribution < -0.4 is 10.6 Å². The minimum Gasteiger partial charge on any atom is -0.477 e. The lowest BCUT2D eigenvalue weighted by Crippen LogP contribution is -2.42. The summed E-state index contributed by atoms with van der Waals surface area (Å²) in [5.74, 6) is -0.238. The van der Waals surface area contributed by atoms with E-state index in [1.165, 1.54) is 18.2 Å². The molecule has 0 aromatic carbocycles. The van der Waals surface area contributed by atoms with Gasteiger partial charge in [0.15, 0.2) is 0 Å². The third-order valence-electron chi connectivity index (χ3n) is 4.16. The maximum absolute atomic E-state index is 12.1. The maximum Gasteiger partial charge on any atom is 0.341 e. The Morgan fingerprint density at radius 1 is 1.30 bits per heavy atom. The molecule has 8 nitrogen and oxygen atoms in total. The Morgan fingerprint density at radius 3 is 2.78 bits per heavy atom. The summed E-state index contributed by atoms with van der Waals surface area (Å²) < 4.78 is 9.51. The Kier molecular flexibility index (Phi) is 9.89. The average molecular weight is 417 g/mol. The molecule has 0 unspecified atom stereocenters. The summed E-state index contributed by atoms with van der Waals surface area (Å²) in [4.78, 5) is 25.9. The number of carbonyl (C=O) groups excluding carboxylic acids is 1. The molecular formula is C17H28N4O4S2. The van der Waals surface area contributed by atoms with Gasteiger partial charge in [-0.3, -0.25) is 10.2 Å². The number of nitrogens with one attached hydrogen (secondary N) is 2. The molecule has 0 atom stereocenters. The van der Waals surface area contributed by atoms with Gasteiger partial charge in [-0.05, 0) is 23.7 Å². The van der Waals surface area contributed by atoms with Gasteiger partial charge < -0.3 is 15.2 Å². The van der Waals surface area contributed by atoms with Crippen LogP contribution in [0, 0.1) is 0 Å². The van der Waals surface area contributed by atoms with Gasteiger partial charge in [-0.15, -0.1) is 11.8 Å². The first-order chi connectivity index (χ1) is 13.1. The van der Waals surface area contributed by atoms with Crippen LogP contribution in [-0.4, -0.2) is 71.5 Å². The molecule has 1 aromatic rings. The van der Waals surface area contributed by atoms with E-state index >= 15 is 0 Å². The number of carbonyl (C=O) groups is 2. The summed E-state index contributed by atoms with van der Waals surface area (Å²) in [6.07, 6.45) is 4.50. The van der Waals surface area contributed by atoms with Crippen molar-refractivity contribution in [3.05, 3.63) is 5.56 Å². The predicted molar refractivity (Wildman–Crippen MR) is 108 cm³/mol. The zero-order valence-corrected chi connectivity index (χ0v) is 17.3. The van der Waals surface area contributed by atoms with Gasteiger partial charge in [0, 0.05) is 26.2 Å². The summed E-state index contributed by atoms with van der Waals surface area (Å²) in [5, 5.41) is 15.7. The molecule has 2 amide bonds. The van der Waals surface area contributed by atoms with Crippen molar-refractivity contribution >= 4 is 40.3 Å². The highest BCUT2D eigenvalue weighted by Gasteiger charge is 2.22. The van der Waals surface area contributed by atoms with Crippen LogP contribution in [0.15, 0.2) is 5.03 Å². The monoisotopic (exact) mass is 416 g/mol. The lowest BCUT2D eigenvalue weighted by molar-refractivity contribution is 0.0388. The highest BCUT2D eigenvalue weighted by atomic mass is 32.2. The van der Waals surface area contributed by atoms with Crippen LogP contribution in [0.1, 0.15) is 43.0 Å². The summed E-state index contributed by atoms with van der Waals surface area (Å²) in [7, 11) is 0. The lowest BCUT2D eigenvalue weighted by atomic mass is 10.2. The Morgan fingerprint density at radius 2 is 2.07 bits per heavy atom. The molecular weight excluding hydrogens is 388 g/mol. The molecule has 1 saturated heterocycles. The lowest BCUT2D eigenvalue weighted by Gasteiger charge is -2.26. The van der Waals surface area contributed by atoms with E-state index in [-0.39, 0.29) is 10.6 Å². The van der Waals surface area contributed by atoms with Crippen molar-refractivity contribution in [1.29, 1.82) is 0 Å². The van der Waals surface area contributed by atoms with Crippen LogP contribution in [0.4, 0.5) is 9.80 Å². The first kappa shape index (κ1) is 21.9. The number of nitrogens with zero attached hydrogens (tertiary/aromatic N) is 2. The van der Waals surface area contributed by atoms with E-state index in [2.05, 4.69) is 26.8 Å². The molecule has 152 valence electrons. The van der Waals surface area contributed by atoms with Crippen molar-refractivity contribution in [3.8, 4) is 0 Å². The van der Waals surface area contributed by atoms with Crippen LogP contribution >= 0.6 is 23.3 Å². The molecule has 1 aromatic heterocycles. The van der Waals surface area contributed by atoms with E-state index in [9.17, 15) is 14.7 Å². The van der Waals surface area contributed by atoms with Crippen LogP contribution in [-0.2, 0) is 4.74 Å². The number of hydrogen-bond acceptors (Lipinski definition) is 7. The standard InChI is InChI=1S/C17H28N4O4S2/c1-2-3-4-5-12-26-15-13(16(22)23)14(27-20-15)19-17(24)18-6-7-21-8-10-25-11-9-21/h2-12H2,1H3,(H,22,23)(H2,18,19,24). The van der Waals surface area contributed by atoms with Gasteiger partial charge >= 0.3 is 12.0 Å². The fourth-order valence-corrected chi connectivity index (χ4v) is 4.59. The maximum atomic E-state index is 12.1. The Bertz CT molecular complexity index is 606. The molecule has 1 aliphatic heterocycles. The third kappa shape index (κ3) is 7.65. The molecule has 10 heteroatoms. The molecule has 1 aliphatic rings. The van der Waals surface area contributed by atoms with Crippen LogP contribution in [0.25, 0.3) is 0 Å². The van der Waals surface area contributed by atoms with Crippen molar-refractivity contribution in [2.75, 3.05) is 50.5 Å². The van der Waals surface area contributed by atoms with Crippen molar-refractivity contribution in [3.63, 3.8) is 0 Å². The van der Waals surface area contributed by atoms with E-state index in [0.717, 1.165) is 56.2 Å². The van der Waals surface area contributed by atoms with E-state index < -0.39 is 12.0 Å². The second-order valence-electron chi connectivity index (χ2n) is 6.24. The van der Waals surface area contributed by atoms with Gasteiger partial charge in [0.1, 0.15) is 15.6 Å². The van der Waals surface area contributed by atoms with Crippen molar-refractivity contribution < 1.29 is 19.4 Å².